The fourth-order valence-corrected chi connectivity index (χ4v) is 2.83. The minimum atomic E-state index is 0.703. The van der Waals surface area contributed by atoms with Crippen LogP contribution in [-0.4, -0.2) is 11.6 Å². The molecule has 3 nitrogen and oxygen atoms in total. The quantitative estimate of drug-likeness (QED) is 0.535. The van der Waals surface area contributed by atoms with Crippen LogP contribution in [0.3, 0.4) is 0 Å². The van der Waals surface area contributed by atoms with E-state index < -0.39 is 0 Å². The number of unbranched alkanes of at least 4 members (excludes halogenated alkanes) is 2. The first-order chi connectivity index (χ1) is 12.3. The number of anilines is 1. The standard InChI is InChI=1S/C22H26N2O/c1-3-4-7-14-25-21-15-17(2)10-11-19(21)16-23-22-13-12-18-8-5-6-9-20(18)24-22/h5-6,8-13,15H,3-4,7,14,16H2,1-2H3,(H,23,24). The van der Waals surface area contributed by atoms with Crippen LogP contribution in [0.15, 0.2) is 54.6 Å². The third kappa shape index (κ3) is 4.72. The molecule has 0 aliphatic rings. The van der Waals surface area contributed by atoms with Crippen molar-refractivity contribution in [2.75, 3.05) is 11.9 Å². The minimum absolute atomic E-state index is 0.703. The molecule has 0 amide bonds. The number of nitrogens with zero attached hydrogens (tertiary/aromatic N) is 1. The van der Waals surface area contributed by atoms with Crippen molar-refractivity contribution in [2.24, 2.45) is 0 Å². The molecule has 0 aliphatic carbocycles. The zero-order chi connectivity index (χ0) is 17.5. The van der Waals surface area contributed by atoms with E-state index in [0.717, 1.165) is 41.1 Å². The van der Waals surface area contributed by atoms with Gasteiger partial charge in [0.25, 0.3) is 0 Å². The molecule has 1 N–H and O–H groups in total. The summed E-state index contributed by atoms with van der Waals surface area (Å²) in [5.74, 6) is 1.86. The van der Waals surface area contributed by atoms with E-state index in [9.17, 15) is 0 Å². The van der Waals surface area contributed by atoms with E-state index in [4.69, 9.17) is 4.74 Å². The molecule has 1 heterocycles. The van der Waals surface area contributed by atoms with Gasteiger partial charge in [-0.15, -0.1) is 0 Å². The van der Waals surface area contributed by atoms with E-state index >= 15 is 0 Å². The predicted octanol–water partition coefficient (Wildman–Crippen LogP) is 5.72. The molecule has 3 aromatic rings. The average Bonchev–Trinajstić information content (AvgIpc) is 2.64. The molecule has 0 aliphatic heterocycles. The number of aromatic nitrogens is 1. The van der Waals surface area contributed by atoms with Crippen molar-refractivity contribution in [3.63, 3.8) is 0 Å². The zero-order valence-corrected chi connectivity index (χ0v) is 15.1. The number of hydrogen-bond donors (Lipinski definition) is 1. The Morgan fingerprint density at radius 2 is 1.88 bits per heavy atom. The summed E-state index contributed by atoms with van der Waals surface area (Å²) in [4.78, 5) is 4.67. The Hall–Kier alpha value is -2.55. The van der Waals surface area contributed by atoms with Gasteiger partial charge in [0.2, 0.25) is 0 Å². The first kappa shape index (κ1) is 17.3. The lowest BCUT2D eigenvalue weighted by atomic mass is 10.1. The number of para-hydroxylation sites is 1. The lowest BCUT2D eigenvalue weighted by Crippen LogP contribution is -2.06. The average molecular weight is 334 g/mol. The highest BCUT2D eigenvalue weighted by Gasteiger charge is 2.05. The highest BCUT2D eigenvalue weighted by molar-refractivity contribution is 5.80. The van der Waals surface area contributed by atoms with Crippen molar-refractivity contribution in [1.29, 1.82) is 0 Å². The Labute approximate surface area is 150 Å². The Morgan fingerprint density at radius 3 is 2.76 bits per heavy atom. The molecule has 1 aromatic heterocycles. The Morgan fingerprint density at radius 1 is 1.00 bits per heavy atom. The Balaban J connectivity index is 1.68. The highest BCUT2D eigenvalue weighted by Crippen LogP contribution is 2.22. The van der Waals surface area contributed by atoms with Crippen molar-refractivity contribution >= 4 is 16.7 Å². The second-order valence-electron chi connectivity index (χ2n) is 6.41. The SMILES string of the molecule is CCCCCOc1cc(C)ccc1CNc1ccc2ccccc2n1. The lowest BCUT2D eigenvalue weighted by molar-refractivity contribution is 0.303. The normalized spacial score (nSPS) is 10.8. The third-order valence-electron chi connectivity index (χ3n) is 4.29. The second kappa shape index (κ2) is 8.52. The van der Waals surface area contributed by atoms with Crippen molar-refractivity contribution in [3.05, 3.63) is 65.7 Å². The predicted molar refractivity (Wildman–Crippen MR) is 105 cm³/mol. The van der Waals surface area contributed by atoms with Crippen molar-refractivity contribution < 1.29 is 4.74 Å². The van der Waals surface area contributed by atoms with Crippen LogP contribution in [0.4, 0.5) is 5.82 Å². The molecule has 0 spiro atoms. The molecule has 25 heavy (non-hydrogen) atoms. The fourth-order valence-electron chi connectivity index (χ4n) is 2.83. The van der Waals surface area contributed by atoms with Crippen LogP contribution < -0.4 is 10.1 Å². The van der Waals surface area contributed by atoms with E-state index in [1.165, 1.54) is 18.4 Å². The van der Waals surface area contributed by atoms with Crippen LogP contribution in [0.25, 0.3) is 10.9 Å². The highest BCUT2D eigenvalue weighted by atomic mass is 16.5. The van der Waals surface area contributed by atoms with Gasteiger partial charge in [0.15, 0.2) is 0 Å². The molecule has 0 radical (unpaired) electrons. The number of ether oxygens (including phenoxy) is 1. The van der Waals surface area contributed by atoms with Gasteiger partial charge in [0.05, 0.1) is 12.1 Å². The van der Waals surface area contributed by atoms with Gasteiger partial charge in [-0.3, -0.25) is 0 Å². The molecular formula is C22H26N2O. The summed E-state index contributed by atoms with van der Waals surface area (Å²) in [6, 6.07) is 18.7. The number of fused-ring (bicyclic) bond motifs is 1. The summed E-state index contributed by atoms with van der Waals surface area (Å²) in [7, 11) is 0. The number of rotatable bonds is 8. The van der Waals surface area contributed by atoms with Crippen LogP contribution in [0.1, 0.15) is 37.3 Å². The molecule has 3 rings (SSSR count). The molecular weight excluding hydrogens is 308 g/mol. The molecule has 0 bridgehead atoms. The van der Waals surface area contributed by atoms with E-state index in [0.29, 0.717) is 6.54 Å². The first-order valence-corrected chi connectivity index (χ1v) is 9.08. The summed E-state index contributed by atoms with van der Waals surface area (Å²) in [5, 5.41) is 4.58. The third-order valence-corrected chi connectivity index (χ3v) is 4.29. The van der Waals surface area contributed by atoms with Crippen molar-refractivity contribution in [3.8, 4) is 5.75 Å². The molecule has 0 unspecified atom stereocenters. The largest absolute Gasteiger partial charge is 0.493 e. The summed E-state index contributed by atoms with van der Waals surface area (Å²) in [6.45, 7) is 5.78. The van der Waals surface area contributed by atoms with Crippen LogP contribution in [0.5, 0.6) is 5.75 Å². The van der Waals surface area contributed by atoms with Crippen LogP contribution in [0, 0.1) is 6.92 Å². The maximum absolute atomic E-state index is 6.02. The van der Waals surface area contributed by atoms with Crippen LogP contribution in [-0.2, 0) is 6.54 Å². The van der Waals surface area contributed by atoms with Gasteiger partial charge in [-0.2, -0.15) is 0 Å². The second-order valence-corrected chi connectivity index (χ2v) is 6.41. The van der Waals surface area contributed by atoms with Gasteiger partial charge in [-0.25, -0.2) is 4.98 Å². The summed E-state index contributed by atoms with van der Waals surface area (Å²) >= 11 is 0. The topological polar surface area (TPSA) is 34.1 Å². The van der Waals surface area contributed by atoms with Gasteiger partial charge in [-0.05, 0) is 43.2 Å². The van der Waals surface area contributed by atoms with Gasteiger partial charge in [-0.1, -0.05) is 50.1 Å². The molecule has 130 valence electrons. The van der Waals surface area contributed by atoms with Crippen molar-refractivity contribution in [1.82, 2.24) is 4.98 Å². The van der Waals surface area contributed by atoms with Gasteiger partial charge in [0.1, 0.15) is 11.6 Å². The van der Waals surface area contributed by atoms with Crippen molar-refractivity contribution in [2.45, 2.75) is 39.7 Å². The van der Waals surface area contributed by atoms with Gasteiger partial charge in [0, 0.05) is 17.5 Å². The first-order valence-electron chi connectivity index (χ1n) is 9.08. The van der Waals surface area contributed by atoms with E-state index in [1.807, 2.05) is 24.3 Å². The molecule has 3 heteroatoms. The minimum Gasteiger partial charge on any atom is -0.493 e. The number of hydrogen-bond acceptors (Lipinski definition) is 3. The van der Waals surface area contributed by atoms with E-state index in [2.05, 4.69) is 54.5 Å². The summed E-state index contributed by atoms with van der Waals surface area (Å²) in [6.07, 6.45) is 3.52. The number of aryl methyl sites for hydroxylation is 1. The maximum atomic E-state index is 6.02. The van der Waals surface area contributed by atoms with E-state index in [-0.39, 0.29) is 0 Å². The van der Waals surface area contributed by atoms with E-state index in [1.54, 1.807) is 0 Å². The number of nitrogens with one attached hydrogen (secondary N) is 1. The molecule has 2 aromatic carbocycles. The number of benzene rings is 2. The Kier molecular flexibility index (Phi) is 5.89. The number of pyridine rings is 1. The van der Waals surface area contributed by atoms with Gasteiger partial charge < -0.3 is 10.1 Å². The zero-order valence-electron chi connectivity index (χ0n) is 15.1. The lowest BCUT2D eigenvalue weighted by Gasteiger charge is -2.14. The molecule has 0 atom stereocenters. The smallest absolute Gasteiger partial charge is 0.126 e. The summed E-state index contributed by atoms with van der Waals surface area (Å²) in [5.41, 5.74) is 3.39. The van der Waals surface area contributed by atoms with Crippen LogP contribution in [0.2, 0.25) is 0 Å². The summed E-state index contributed by atoms with van der Waals surface area (Å²) < 4.78 is 6.02. The maximum Gasteiger partial charge on any atom is 0.126 e. The Bertz CT molecular complexity index is 829. The van der Waals surface area contributed by atoms with Gasteiger partial charge >= 0.3 is 0 Å². The van der Waals surface area contributed by atoms with Crippen LogP contribution >= 0.6 is 0 Å². The molecule has 0 saturated heterocycles. The monoisotopic (exact) mass is 334 g/mol. The molecule has 0 saturated carbocycles. The fraction of sp³-hybridized carbons (Fsp3) is 0.318. The molecule has 0 fully saturated rings.